The van der Waals surface area contributed by atoms with Crippen molar-refractivity contribution in [1.29, 1.82) is 0 Å². The first-order valence-electron chi connectivity index (χ1n) is 6.78. The van der Waals surface area contributed by atoms with Gasteiger partial charge >= 0.3 is 0 Å². The summed E-state index contributed by atoms with van der Waals surface area (Å²) in [5.41, 5.74) is 1.56. The van der Waals surface area contributed by atoms with E-state index in [0.717, 1.165) is 5.56 Å². The van der Waals surface area contributed by atoms with Crippen LogP contribution in [-0.2, 0) is 26.4 Å². The van der Waals surface area contributed by atoms with Crippen molar-refractivity contribution in [3.63, 3.8) is 0 Å². The highest BCUT2D eigenvalue weighted by atomic mass is 32.2. The maximum Gasteiger partial charge on any atom is 0.235 e. The van der Waals surface area contributed by atoms with Gasteiger partial charge in [-0.05, 0) is 37.6 Å². The lowest BCUT2D eigenvalue weighted by atomic mass is 10.2. The van der Waals surface area contributed by atoms with Crippen molar-refractivity contribution in [3.05, 3.63) is 29.8 Å². The average molecular weight is 332 g/mol. The number of anilines is 1. The van der Waals surface area contributed by atoms with E-state index >= 15 is 0 Å². The van der Waals surface area contributed by atoms with Crippen molar-refractivity contribution >= 4 is 25.5 Å². The van der Waals surface area contributed by atoms with Gasteiger partial charge in [-0.3, -0.25) is 4.72 Å². The largest absolute Gasteiger partial charge is 0.316 e. The van der Waals surface area contributed by atoms with Crippen molar-refractivity contribution in [2.24, 2.45) is 0 Å². The van der Waals surface area contributed by atoms with E-state index in [1.807, 2.05) is 19.2 Å². The molecule has 1 aliphatic rings. The lowest BCUT2D eigenvalue weighted by Gasteiger charge is -2.22. The second kappa shape index (κ2) is 6.33. The Hall–Kier alpha value is -1.12. The molecule has 0 spiro atoms. The molecular formula is C13H20N2O4S2. The van der Waals surface area contributed by atoms with Gasteiger partial charge in [0.15, 0.2) is 0 Å². The lowest BCUT2D eigenvalue weighted by Crippen LogP contribution is -2.36. The first kappa shape index (κ1) is 16.3. The van der Waals surface area contributed by atoms with E-state index in [1.54, 1.807) is 12.1 Å². The molecule has 1 fully saturated rings. The molecular weight excluding hydrogens is 312 g/mol. The highest BCUT2D eigenvalue weighted by molar-refractivity contribution is 7.94. The van der Waals surface area contributed by atoms with E-state index in [2.05, 4.69) is 10.0 Å². The molecule has 118 valence electrons. The fourth-order valence-electron chi connectivity index (χ4n) is 2.32. The average Bonchev–Trinajstić information content (AvgIpc) is 2.40. The van der Waals surface area contributed by atoms with Crippen LogP contribution in [0.15, 0.2) is 24.3 Å². The number of sulfone groups is 1. The molecule has 2 N–H and O–H groups in total. The van der Waals surface area contributed by atoms with Crippen LogP contribution in [0.5, 0.6) is 0 Å². The summed E-state index contributed by atoms with van der Waals surface area (Å²) in [6.07, 6.45) is 0.324. The normalized spacial score (nSPS) is 19.3. The molecule has 0 atom stereocenters. The van der Waals surface area contributed by atoms with Crippen molar-refractivity contribution < 1.29 is 16.8 Å². The van der Waals surface area contributed by atoms with Gasteiger partial charge in [-0.25, -0.2) is 16.8 Å². The van der Waals surface area contributed by atoms with Gasteiger partial charge < -0.3 is 5.32 Å². The standard InChI is InChI=1S/C13H20N2O4S2/c1-14-10-11-2-4-12(5-3-11)15-21(18,19)13-6-8-20(16,17)9-7-13/h2-5,13-15H,6-10H2,1H3. The van der Waals surface area contributed by atoms with Gasteiger partial charge in [0.1, 0.15) is 9.84 Å². The smallest absolute Gasteiger partial charge is 0.235 e. The van der Waals surface area contributed by atoms with E-state index in [0.29, 0.717) is 12.2 Å². The molecule has 0 amide bonds. The summed E-state index contributed by atoms with van der Waals surface area (Å²) in [4.78, 5) is 0. The number of hydrogen-bond acceptors (Lipinski definition) is 5. The van der Waals surface area contributed by atoms with Gasteiger partial charge in [-0.1, -0.05) is 12.1 Å². The van der Waals surface area contributed by atoms with E-state index in [9.17, 15) is 16.8 Å². The van der Waals surface area contributed by atoms with Crippen LogP contribution in [0.2, 0.25) is 0 Å². The predicted molar refractivity (Wildman–Crippen MR) is 83.4 cm³/mol. The minimum Gasteiger partial charge on any atom is -0.316 e. The molecule has 1 aromatic rings. The summed E-state index contributed by atoms with van der Waals surface area (Å²) >= 11 is 0. The third kappa shape index (κ3) is 4.42. The maximum absolute atomic E-state index is 12.3. The number of nitrogens with one attached hydrogen (secondary N) is 2. The molecule has 1 aliphatic heterocycles. The van der Waals surface area contributed by atoms with Crippen molar-refractivity contribution in [1.82, 2.24) is 5.32 Å². The zero-order chi connectivity index (χ0) is 15.5. The highest BCUT2D eigenvalue weighted by Crippen LogP contribution is 2.22. The van der Waals surface area contributed by atoms with Crippen LogP contribution in [0, 0.1) is 0 Å². The summed E-state index contributed by atoms with van der Waals surface area (Å²) in [7, 11) is -4.76. The fraction of sp³-hybridized carbons (Fsp3) is 0.538. The van der Waals surface area contributed by atoms with Gasteiger partial charge in [0, 0.05) is 12.2 Å². The zero-order valence-electron chi connectivity index (χ0n) is 11.9. The number of hydrogen-bond donors (Lipinski definition) is 2. The maximum atomic E-state index is 12.3. The van der Waals surface area contributed by atoms with Crippen LogP contribution < -0.4 is 10.0 Å². The summed E-state index contributed by atoms with van der Waals surface area (Å²) in [5, 5.41) is 2.37. The quantitative estimate of drug-likeness (QED) is 0.829. The van der Waals surface area contributed by atoms with Crippen LogP contribution in [0.3, 0.4) is 0 Å². The molecule has 0 saturated carbocycles. The fourth-order valence-corrected chi connectivity index (χ4v) is 5.60. The Bertz CT molecular complexity index is 667. The summed E-state index contributed by atoms with van der Waals surface area (Å²) in [6, 6.07) is 7.12. The SMILES string of the molecule is CNCc1ccc(NS(=O)(=O)C2CCS(=O)(=O)CC2)cc1. The Kier molecular flexibility index (Phi) is 4.90. The molecule has 0 aromatic heterocycles. The Labute approximate surface area is 125 Å². The minimum atomic E-state index is -3.54. The highest BCUT2D eigenvalue weighted by Gasteiger charge is 2.32. The topological polar surface area (TPSA) is 92.3 Å². The Balaban J connectivity index is 2.04. The van der Waals surface area contributed by atoms with Crippen LogP contribution in [0.1, 0.15) is 18.4 Å². The number of rotatable bonds is 5. The van der Waals surface area contributed by atoms with Gasteiger partial charge in [0.05, 0.1) is 16.8 Å². The van der Waals surface area contributed by atoms with Crippen LogP contribution in [0.25, 0.3) is 0 Å². The number of benzene rings is 1. The summed E-state index contributed by atoms with van der Waals surface area (Å²) in [5.74, 6) is -0.112. The Morgan fingerprint density at radius 1 is 1.14 bits per heavy atom. The van der Waals surface area contributed by atoms with Gasteiger partial charge in [-0.15, -0.1) is 0 Å². The third-order valence-corrected chi connectivity index (χ3v) is 7.12. The predicted octanol–water partition coefficient (Wildman–Crippen LogP) is 0.725. The third-order valence-electron chi connectivity index (χ3n) is 3.54. The van der Waals surface area contributed by atoms with Crippen molar-refractivity contribution in [3.8, 4) is 0 Å². The molecule has 0 bridgehead atoms. The van der Waals surface area contributed by atoms with Crippen molar-refractivity contribution in [2.45, 2.75) is 24.6 Å². The van der Waals surface area contributed by atoms with Crippen LogP contribution >= 0.6 is 0 Å². The molecule has 0 radical (unpaired) electrons. The van der Waals surface area contributed by atoms with E-state index in [4.69, 9.17) is 0 Å². The molecule has 6 nitrogen and oxygen atoms in total. The molecule has 2 rings (SSSR count). The molecule has 8 heteroatoms. The summed E-state index contributed by atoms with van der Waals surface area (Å²) < 4.78 is 49.8. The lowest BCUT2D eigenvalue weighted by molar-refractivity contribution is 0.555. The molecule has 1 heterocycles. The Morgan fingerprint density at radius 3 is 2.24 bits per heavy atom. The molecule has 0 unspecified atom stereocenters. The summed E-state index contributed by atoms with van der Waals surface area (Å²) in [6.45, 7) is 0.716. The van der Waals surface area contributed by atoms with E-state index in [-0.39, 0.29) is 24.3 Å². The number of sulfonamides is 1. The molecule has 1 aromatic carbocycles. The zero-order valence-corrected chi connectivity index (χ0v) is 13.5. The molecule has 0 aliphatic carbocycles. The van der Waals surface area contributed by atoms with E-state index in [1.165, 1.54) is 0 Å². The monoisotopic (exact) mass is 332 g/mol. The second-order valence-corrected chi connectivity index (χ2v) is 9.49. The second-order valence-electron chi connectivity index (χ2n) is 5.23. The van der Waals surface area contributed by atoms with Gasteiger partial charge in [0.2, 0.25) is 10.0 Å². The van der Waals surface area contributed by atoms with Crippen LogP contribution in [0.4, 0.5) is 5.69 Å². The molecule has 1 saturated heterocycles. The molecule has 21 heavy (non-hydrogen) atoms. The van der Waals surface area contributed by atoms with E-state index < -0.39 is 25.1 Å². The van der Waals surface area contributed by atoms with Crippen molar-refractivity contribution in [2.75, 3.05) is 23.3 Å². The van der Waals surface area contributed by atoms with Gasteiger partial charge in [-0.2, -0.15) is 0 Å². The first-order valence-corrected chi connectivity index (χ1v) is 10.1. The first-order chi connectivity index (χ1) is 9.82. The van der Waals surface area contributed by atoms with Gasteiger partial charge in [0.25, 0.3) is 0 Å². The van der Waals surface area contributed by atoms with Crippen LogP contribution in [-0.4, -0.2) is 40.6 Å². The Morgan fingerprint density at radius 2 is 1.71 bits per heavy atom. The minimum absolute atomic E-state index is 0.0559.